The predicted octanol–water partition coefficient (Wildman–Crippen LogP) is -2.21. The van der Waals surface area contributed by atoms with E-state index in [1.54, 1.807) is 0 Å². The maximum atomic E-state index is 11.5. The zero-order valence-corrected chi connectivity index (χ0v) is 16.2. The zero-order valence-electron chi connectivity index (χ0n) is 11.2. The number of carbonyl (C=O) groups excluding carboxylic acids is 2. The van der Waals surface area contributed by atoms with Crippen LogP contribution in [-0.4, -0.2) is 58.3 Å². The molecule has 0 radical (unpaired) electrons. The van der Waals surface area contributed by atoms with Gasteiger partial charge in [-0.1, -0.05) is 0 Å². The van der Waals surface area contributed by atoms with Crippen LogP contribution in [0.3, 0.4) is 0 Å². The van der Waals surface area contributed by atoms with Crippen LogP contribution in [0.2, 0.25) is 0 Å². The number of carboxylic acid groups (broad SMARTS) is 2. The van der Waals surface area contributed by atoms with Crippen molar-refractivity contribution in [2.24, 2.45) is 5.73 Å². The van der Waals surface area contributed by atoms with Crippen molar-refractivity contribution in [1.82, 2.24) is 10.6 Å². The third-order valence-electron chi connectivity index (χ3n) is 2.25. The molecule has 0 aromatic heterocycles. The van der Waals surface area contributed by atoms with Crippen molar-refractivity contribution in [2.45, 2.75) is 24.9 Å². The minimum Gasteiger partial charge on any atom is -0.480 e. The summed E-state index contributed by atoms with van der Waals surface area (Å²) in [6, 6.07) is -2.15. The molecular formula is C10H17CdN3O6S. The molecule has 116 valence electrons. The summed E-state index contributed by atoms with van der Waals surface area (Å²) < 4.78 is 0. The van der Waals surface area contributed by atoms with E-state index in [0.29, 0.717) is 0 Å². The molecule has 0 aliphatic carbocycles. The van der Waals surface area contributed by atoms with Gasteiger partial charge in [-0.2, -0.15) is 12.6 Å². The Kier molecular flexibility index (Phi) is 12.5. The number of aliphatic carboxylic acids is 2. The number of thiol groups is 1. The fourth-order valence-corrected chi connectivity index (χ4v) is 1.41. The van der Waals surface area contributed by atoms with Crippen molar-refractivity contribution in [3.63, 3.8) is 0 Å². The fraction of sp³-hybridized carbons (Fsp3) is 0.600. The number of nitrogens with one attached hydrogen (secondary N) is 2. The van der Waals surface area contributed by atoms with Gasteiger partial charge in [0.1, 0.15) is 18.6 Å². The van der Waals surface area contributed by atoms with Gasteiger partial charge in [0, 0.05) is 39.5 Å². The zero-order chi connectivity index (χ0) is 15.7. The van der Waals surface area contributed by atoms with Crippen LogP contribution in [0.25, 0.3) is 0 Å². The van der Waals surface area contributed by atoms with Gasteiger partial charge in [0.25, 0.3) is 0 Å². The van der Waals surface area contributed by atoms with E-state index in [2.05, 4.69) is 23.3 Å². The first-order valence-corrected chi connectivity index (χ1v) is 6.29. The van der Waals surface area contributed by atoms with Gasteiger partial charge < -0.3 is 26.6 Å². The van der Waals surface area contributed by atoms with Crippen molar-refractivity contribution >= 4 is 36.4 Å². The summed E-state index contributed by atoms with van der Waals surface area (Å²) >= 11 is 3.87. The monoisotopic (exact) mass is 421 g/mol. The Hall–Kier alpha value is -0.888. The van der Waals surface area contributed by atoms with E-state index < -0.39 is 42.4 Å². The minimum atomic E-state index is -1.22. The first kappa shape index (κ1) is 22.4. The topological polar surface area (TPSA) is 159 Å². The second-order valence-corrected chi connectivity index (χ2v) is 4.26. The molecule has 2 atom stereocenters. The summed E-state index contributed by atoms with van der Waals surface area (Å²) in [5.41, 5.74) is 5.23. The van der Waals surface area contributed by atoms with Gasteiger partial charge in [-0.15, -0.1) is 0 Å². The molecule has 0 spiro atoms. The summed E-state index contributed by atoms with van der Waals surface area (Å²) in [5, 5.41) is 21.4. The van der Waals surface area contributed by atoms with Crippen molar-refractivity contribution < 1.29 is 56.7 Å². The Labute approximate surface area is 146 Å². The Bertz CT molecular complexity index is 395. The van der Waals surface area contributed by atoms with Gasteiger partial charge in [0.2, 0.25) is 11.8 Å². The number of nitrogens with two attached hydrogens (primary N) is 1. The largest absolute Gasteiger partial charge is 0.480 e. The minimum absolute atomic E-state index is 0. The maximum absolute atomic E-state index is 11.5. The SMILES string of the molecule is NC(CCC(=O)NC(CS)C(=O)NCC(=O)O)C(=O)O.[Cd]. The molecule has 0 saturated heterocycles. The molecule has 6 N–H and O–H groups in total. The summed E-state index contributed by atoms with van der Waals surface area (Å²) in [6.45, 7) is -0.567. The molecule has 2 amide bonds. The van der Waals surface area contributed by atoms with Crippen molar-refractivity contribution in [3.05, 3.63) is 0 Å². The molecule has 9 nitrogen and oxygen atoms in total. The average molecular weight is 420 g/mol. The maximum Gasteiger partial charge on any atom is 0.322 e. The van der Waals surface area contributed by atoms with E-state index in [9.17, 15) is 19.2 Å². The molecule has 0 heterocycles. The molecule has 0 bridgehead atoms. The predicted molar refractivity (Wildman–Crippen MR) is 71.3 cm³/mol. The normalized spacial score (nSPS) is 12.5. The average Bonchev–Trinajstić information content (AvgIpc) is 2.38. The summed E-state index contributed by atoms with van der Waals surface area (Å²) in [4.78, 5) is 43.7. The summed E-state index contributed by atoms with van der Waals surface area (Å²) in [5.74, 6) is -3.70. The number of amides is 2. The summed E-state index contributed by atoms with van der Waals surface area (Å²) in [7, 11) is 0. The Morgan fingerprint density at radius 2 is 1.76 bits per heavy atom. The Morgan fingerprint density at radius 1 is 1.19 bits per heavy atom. The van der Waals surface area contributed by atoms with E-state index in [1.165, 1.54) is 0 Å². The Balaban J connectivity index is 0. The number of carboxylic acids is 2. The molecule has 0 rings (SSSR count). The van der Waals surface area contributed by atoms with E-state index in [-0.39, 0.29) is 45.9 Å². The third kappa shape index (κ3) is 10.5. The molecule has 0 aromatic carbocycles. The standard InChI is InChI=1S/C10H17N3O6S.Cd/c11-5(10(18)19)1-2-7(14)13-6(4-20)9(17)12-3-8(15)16;/h5-6,20H,1-4,11H2,(H,12,17)(H,13,14)(H,15,16)(H,18,19);. The van der Waals surface area contributed by atoms with Crippen LogP contribution in [-0.2, 0) is 46.5 Å². The van der Waals surface area contributed by atoms with Crippen molar-refractivity contribution in [3.8, 4) is 0 Å². The molecule has 0 aromatic rings. The molecule has 2 unspecified atom stereocenters. The van der Waals surface area contributed by atoms with Crippen molar-refractivity contribution in [2.75, 3.05) is 12.3 Å². The van der Waals surface area contributed by atoms with Crippen LogP contribution in [0, 0.1) is 0 Å². The molecule has 0 saturated carbocycles. The number of carbonyl (C=O) groups is 4. The number of rotatable bonds is 9. The van der Waals surface area contributed by atoms with Gasteiger partial charge >= 0.3 is 11.9 Å². The van der Waals surface area contributed by atoms with Gasteiger partial charge in [-0.05, 0) is 6.42 Å². The van der Waals surface area contributed by atoms with Crippen LogP contribution in [0.15, 0.2) is 0 Å². The van der Waals surface area contributed by atoms with E-state index in [0.717, 1.165) is 0 Å². The van der Waals surface area contributed by atoms with Crippen LogP contribution in [0.4, 0.5) is 0 Å². The van der Waals surface area contributed by atoms with Gasteiger partial charge in [0.05, 0.1) is 0 Å². The molecule has 0 aliphatic rings. The molecular weight excluding hydrogens is 403 g/mol. The van der Waals surface area contributed by atoms with E-state index in [1.807, 2.05) is 0 Å². The van der Waals surface area contributed by atoms with Gasteiger partial charge in [-0.25, -0.2) is 0 Å². The first-order valence-electron chi connectivity index (χ1n) is 5.66. The number of hydrogen-bond acceptors (Lipinski definition) is 6. The van der Waals surface area contributed by atoms with E-state index >= 15 is 0 Å². The molecule has 0 aliphatic heterocycles. The van der Waals surface area contributed by atoms with Crippen LogP contribution >= 0.6 is 12.6 Å². The van der Waals surface area contributed by atoms with Crippen LogP contribution in [0.5, 0.6) is 0 Å². The van der Waals surface area contributed by atoms with Gasteiger partial charge in [0.15, 0.2) is 0 Å². The second kappa shape index (κ2) is 11.7. The summed E-state index contributed by atoms with van der Waals surface area (Å²) in [6.07, 6.45) is -0.235. The molecule has 21 heavy (non-hydrogen) atoms. The van der Waals surface area contributed by atoms with E-state index in [4.69, 9.17) is 15.9 Å². The smallest absolute Gasteiger partial charge is 0.322 e. The van der Waals surface area contributed by atoms with Gasteiger partial charge in [-0.3, -0.25) is 19.2 Å². The van der Waals surface area contributed by atoms with Crippen molar-refractivity contribution in [1.29, 1.82) is 0 Å². The second-order valence-electron chi connectivity index (χ2n) is 3.90. The number of hydrogen-bond donors (Lipinski definition) is 6. The third-order valence-corrected chi connectivity index (χ3v) is 2.61. The van der Waals surface area contributed by atoms with Crippen LogP contribution in [0.1, 0.15) is 12.8 Å². The molecule has 0 fully saturated rings. The first-order chi connectivity index (χ1) is 9.27. The fourth-order valence-electron chi connectivity index (χ4n) is 1.16. The van der Waals surface area contributed by atoms with Crippen LogP contribution < -0.4 is 16.4 Å². The quantitative estimate of drug-likeness (QED) is 0.182. The Morgan fingerprint density at radius 3 is 2.19 bits per heavy atom. The molecule has 11 heteroatoms.